The fourth-order valence-electron chi connectivity index (χ4n) is 3.09. The number of rotatable bonds is 6. The largest absolute Gasteiger partial charge is 0.345 e. The SMILES string of the molecule is CC(=O)N[C@@H](CC(C)C)C(=O)NC1CCCN(c2ccccc2)C1=O. The van der Waals surface area contributed by atoms with Crippen LogP contribution in [0, 0.1) is 5.92 Å². The molecule has 0 spiro atoms. The van der Waals surface area contributed by atoms with Crippen molar-refractivity contribution in [2.24, 2.45) is 5.92 Å². The number of carbonyl (C=O) groups excluding carboxylic acids is 3. The molecule has 1 aliphatic heterocycles. The van der Waals surface area contributed by atoms with Crippen molar-refractivity contribution in [1.82, 2.24) is 10.6 Å². The standard InChI is InChI=1S/C19H27N3O3/c1-13(2)12-17(20-14(3)23)18(24)21-16-10-7-11-22(19(16)25)15-8-5-4-6-9-15/h4-6,8-9,13,16-17H,7,10-12H2,1-3H3,(H,20,23)(H,21,24)/t16?,17-/m0/s1. The summed E-state index contributed by atoms with van der Waals surface area (Å²) in [5.41, 5.74) is 0.840. The van der Waals surface area contributed by atoms with E-state index < -0.39 is 12.1 Å². The summed E-state index contributed by atoms with van der Waals surface area (Å²) in [6.07, 6.45) is 1.97. The highest BCUT2D eigenvalue weighted by Gasteiger charge is 2.32. The van der Waals surface area contributed by atoms with E-state index in [1.807, 2.05) is 44.2 Å². The van der Waals surface area contributed by atoms with Crippen molar-refractivity contribution in [3.8, 4) is 0 Å². The first-order chi connectivity index (χ1) is 11.9. The van der Waals surface area contributed by atoms with Crippen LogP contribution in [-0.4, -0.2) is 36.3 Å². The Morgan fingerprint density at radius 3 is 2.52 bits per heavy atom. The number of hydrogen-bond acceptors (Lipinski definition) is 3. The van der Waals surface area contributed by atoms with Crippen molar-refractivity contribution in [2.45, 2.75) is 52.1 Å². The third kappa shape index (κ3) is 5.31. The summed E-state index contributed by atoms with van der Waals surface area (Å²) in [5.74, 6) is -0.388. The van der Waals surface area contributed by atoms with Gasteiger partial charge in [-0.15, -0.1) is 0 Å². The molecule has 25 heavy (non-hydrogen) atoms. The van der Waals surface area contributed by atoms with Crippen LogP contribution in [0.2, 0.25) is 0 Å². The van der Waals surface area contributed by atoms with E-state index in [-0.39, 0.29) is 23.6 Å². The lowest BCUT2D eigenvalue weighted by molar-refractivity contribution is -0.131. The normalized spacial score (nSPS) is 18.8. The molecule has 1 aliphatic rings. The zero-order chi connectivity index (χ0) is 18.4. The maximum absolute atomic E-state index is 12.8. The number of nitrogens with zero attached hydrogens (tertiary/aromatic N) is 1. The van der Waals surface area contributed by atoms with Gasteiger partial charge < -0.3 is 15.5 Å². The van der Waals surface area contributed by atoms with Crippen LogP contribution < -0.4 is 15.5 Å². The molecule has 0 aromatic heterocycles. The summed E-state index contributed by atoms with van der Waals surface area (Å²) >= 11 is 0. The van der Waals surface area contributed by atoms with Crippen LogP contribution in [-0.2, 0) is 14.4 Å². The fraction of sp³-hybridized carbons (Fsp3) is 0.526. The Morgan fingerprint density at radius 1 is 1.24 bits per heavy atom. The predicted molar refractivity (Wildman–Crippen MR) is 97.0 cm³/mol. The molecule has 2 atom stereocenters. The Bertz CT molecular complexity index is 616. The minimum absolute atomic E-state index is 0.100. The maximum Gasteiger partial charge on any atom is 0.249 e. The van der Waals surface area contributed by atoms with Crippen molar-refractivity contribution in [1.29, 1.82) is 0 Å². The smallest absolute Gasteiger partial charge is 0.249 e. The highest BCUT2D eigenvalue weighted by atomic mass is 16.2. The molecule has 0 aliphatic carbocycles. The molecule has 3 amide bonds. The summed E-state index contributed by atoms with van der Waals surface area (Å²) in [4.78, 5) is 38.4. The average Bonchev–Trinajstić information content (AvgIpc) is 2.56. The van der Waals surface area contributed by atoms with Gasteiger partial charge >= 0.3 is 0 Å². The summed E-state index contributed by atoms with van der Waals surface area (Å²) in [6.45, 7) is 6.02. The van der Waals surface area contributed by atoms with Crippen molar-refractivity contribution in [2.75, 3.05) is 11.4 Å². The van der Waals surface area contributed by atoms with Crippen LogP contribution >= 0.6 is 0 Å². The fourth-order valence-corrected chi connectivity index (χ4v) is 3.09. The molecule has 1 heterocycles. The van der Waals surface area contributed by atoms with Crippen LogP contribution in [0.1, 0.15) is 40.0 Å². The minimum Gasteiger partial charge on any atom is -0.345 e. The number of anilines is 1. The molecule has 1 unspecified atom stereocenters. The second kappa shape index (κ2) is 8.65. The van der Waals surface area contributed by atoms with Gasteiger partial charge in [-0.1, -0.05) is 32.0 Å². The quantitative estimate of drug-likeness (QED) is 0.826. The molecule has 0 bridgehead atoms. The topological polar surface area (TPSA) is 78.5 Å². The Kier molecular flexibility index (Phi) is 6.56. The predicted octanol–water partition coefficient (Wildman–Crippen LogP) is 1.85. The zero-order valence-electron chi connectivity index (χ0n) is 15.1. The Hall–Kier alpha value is -2.37. The number of piperidine rings is 1. The number of para-hydroxylation sites is 1. The molecule has 6 heteroatoms. The van der Waals surface area contributed by atoms with E-state index in [1.54, 1.807) is 4.90 Å². The van der Waals surface area contributed by atoms with Crippen LogP contribution in [0.15, 0.2) is 30.3 Å². The lowest BCUT2D eigenvalue weighted by atomic mass is 10.0. The van der Waals surface area contributed by atoms with Crippen LogP contribution in [0.5, 0.6) is 0 Å². The molecule has 6 nitrogen and oxygen atoms in total. The second-order valence-corrected chi connectivity index (χ2v) is 6.91. The molecular weight excluding hydrogens is 318 g/mol. The van der Waals surface area contributed by atoms with Gasteiger partial charge in [-0.2, -0.15) is 0 Å². The van der Waals surface area contributed by atoms with Gasteiger partial charge in [0.1, 0.15) is 12.1 Å². The summed E-state index contributed by atoms with van der Waals surface area (Å²) in [5, 5.41) is 5.52. The first-order valence-corrected chi connectivity index (χ1v) is 8.82. The number of benzene rings is 1. The molecule has 2 N–H and O–H groups in total. The summed E-state index contributed by atoms with van der Waals surface area (Å²) in [6, 6.07) is 8.30. The van der Waals surface area contributed by atoms with Crippen molar-refractivity contribution in [3.63, 3.8) is 0 Å². The van der Waals surface area contributed by atoms with Gasteiger partial charge in [-0.3, -0.25) is 14.4 Å². The van der Waals surface area contributed by atoms with E-state index in [2.05, 4.69) is 10.6 Å². The number of carbonyl (C=O) groups is 3. The molecule has 0 saturated carbocycles. The third-order valence-corrected chi connectivity index (χ3v) is 4.22. The number of hydrogen-bond donors (Lipinski definition) is 2. The Labute approximate surface area is 149 Å². The van der Waals surface area contributed by atoms with E-state index in [9.17, 15) is 14.4 Å². The van der Waals surface area contributed by atoms with Crippen LogP contribution in [0.3, 0.4) is 0 Å². The van der Waals surface area contributed by atoms with Gasteiger partial charge in [0.2, 0.25) is 17.7 Å². The van der Waals surface area contributed by atoms with Gasteiger partial charge in [-0.25, -0.2) is 0 Å². The average molecular weight is 345 g/mol. The highest BCUT2D eigenvalue weighted by Crippen LogP contribution is 2.21. The van der Waals surface area contributed by atoms with E-state index in [0.717, 1.165) is 12.1 Å². The highest BCUT2D eigenvalue weighted by molar-refractivity contribution is 6.00. The van der Waals surface area contributed by atoms with Gasteiger partial charge in [0.15, 0.2) is 0 Å². The molecule has 2 rings (SSSR count). The first kappa shape index (κ1) is 19.0. The second-order valence-electron chi connectivity index (χ2n) is 6.91. The third-order valence-electron chi connectivity index (χ3n) is 4.22. The van der Waals surface area contributed by atoms with Crippen LogP contribution in [0.25, 0.3) is 0 Å². The van der Waals surface area contributed by atoms with Gasteiger partial charge in [0.05, 0.1) is 0 Å². The van der Waals surface area contributed by atoms with Crippen molar-refractivity contribution < 1.29 is 14.4 Å². The van der Waals surface area contributed by atoms with E-state index in [1.165, 1.54) is 6.92 Å². The van der Waals surface area contributed by atoms with Gasteiger partial charge in [0, 0.05) is 19.2 Å². The van der Waals surface area contributed by atoms with Crippen molar-refractivity contribution in [3.05, 3.63) is 30.3 Å². The first-order valence-electron chi connectivity index (χ1n) is 8.82. The lowest BCUT2D eigenvalue weighted by Crippen LogP contribution is -2.56. The minimum atomic E-state index is -0.614. The summed E-state index contributed by atoms with van der Waals surface area (Å²) < 4.78 is 0. The lowest BCUT2D eigenvalue weighted by Gasteiger charge is -2.33. The molecule has 1 aromatic carbocycles. The Morgan fingerprint density at radius 2 is 1.92 bits per heavy atom. The van der Waals surface area contributed by atoms with E-state index in [0.29, 0.717) is 19.4 Å². The monoisotopic (exact) mass is 345 g/mol. The Balaban J connectivity index is 2.05. The van der Waals surface area contributed by atoms with E-state index >= 15 is 0 Å². The molecule has 1 saturated heterocycles. The maximum atomic E-state index is 12.8. The molecule has 1 aromatic rings. The zero-order valence-corrected chi connectivity index (χ0v) is 15.1. The van der Waals surface area contributed by atoms with Crippen molar-refractivity contribution >= 4 is 23.4 Å². The summed E-state index contributed by atoms with van der Waals surface area (Å²) in [7, 11) is 0. The van der Waals surface area contributed by atoms with Crippen LogP contribution in [0.4, 0.5) is 5.69 Å². The molecular formula is C19H27N3O3. The molecule has 136 valence electrons. The molecule has 1 fully saturated rings. The molecule has 0 radical (unpaired) electrons. The van der Waals surface area contributed by atoms with Gasteiger partial charge in [-0.05, 0) is 37.3 Å². The number of amides is 3. The van der Waals surface area contributed by atoms with Gasteiger partial charge in [0.25, 0.3) is 0 Å². The van der Waals surface area contributed by atoms with E-state index in [4.69, 9.17) is 0 Å². The number of nitrogens with one attached hydrogen (secondary N) is 2.